The molecule has 0 aromatic carbocycles. The largest absolute Gasteiger partial charge is 0.479 e. The molecule has 1 aromatic rings. The smallest absolute Gasteiger partial charge is 0.411 e. The summed E-state index contributed by atoms with van der Waals surface area (Å²) in [4.78, 5) is 29.0. The number of carboxylic acids is 1. The Kier molecular flexibility index (Phi) is 5.29. The summed E-state index contributed by atoms with van der Waals surface area (Å²) in [6.07, 6.45) is 2.41. The molecule has 0 aliphatic carbocycles. The zero-order chi connectivity index (χ0) is 16.2. The monoisotopic (exact) mass is 294 g/mol. The lowest BCUT2D eigenvalue weighted by Gasteiger charge is -2.31. The molecule has 0 fully saturated rings. The summed E-state index contributed by atoms with van der Waals surface area (Å²) in [5.41, 5.74) is 0.564. The van der Waals surface area contributed by atoms with E-state index in [4.69, 9.17) is 4.74 Å². The van der Waals surface area contributed by atoms with E-state index in [1.807, 2.05) is 0 Å². The van der Waals surface area contributed by atoms with Crippen LogP contribution in [0, 0.1) is 6.92 Å². The van der Waals surface area contributed by atoms with Crippen molar-refractivity contribution in [3.63, 3.8) is 0 Å². The number of pyridine rings is 1. The summed E-state index contributed by atoms with van der Waals surface area (Å²) in [5, 5.41) is 9.52. The maximum atomic E-state index is 12.2. The van der Waals surface area contributed by atoms with Crippen molar-refractivity contribution in [2.24, 2.45) is 0 Å². The van der Waals surface area contributed by atoms with E-state index in [9.17, 15) is 14.7 Å². The van der Waals surface area contributed by atoms with Gasteiger partial charge in [0.25, 0.3) is 0 Å². The lowest BCUT2D eigenvalue weighted by atomic mass is 10.0. The number of hydrogen-bond acceptors (Lipinski definition) is 4. The Bertz CT molecular complexity index is 523. The minimum Gasteiger partial charge on any atom is -0.479 e. The standard InChI is InChI=1S/C15H22N2O4/c1-6-17(14(20)21-15(3,4)5)12(13(18)19)11-9-16-8-7-10(11)2/h7-9,12H,6H2,1-5H3,(H,18,19). The van der Waals surface area contributed by atoms with Crippen LogP contribution < -0.4 is 0 Å². The van der Waals surface area contributed by atoms with Gasteiger partial charge in [0.15, 0.2) is 6.04 Å². The maximum absolute atomic E-state index is 12.2. The first-order valence-corrected chi connectivity index (χ1v) is 6.80. The topological polar surface area (TPSA) is 79.7 Å². The Morgan fingerprint density at radius 2 is 2.05 bits per heavy atom. The molecule has 0 saturated carbocycles. The van der Waals surface area contributed by atoms with E-state index in [-0.39, 0.29) is 6.54 Å². The summed E-state index contributed by atoms with van der Waals surface area (Å²) < 4.78 is 5.29. The minimum absolute atomic E-state index is 0.222. The second-order valence-corrected chi connectivity index (χ2v) is 5.74. The van der Waals surface area contributed by atoms with Crippen LogP contribution in [-0.4, -0.2) is 39.2 Å². The minimum atomic E-state index is -1.11. The average Bonchev–Trinajstić information content (AvgIpc) is 2.34. The molecule has 0 spiro atoms. The molecule has 0 radical (unpaired) electrons. The zero-order valence-electron chi connectivity index (χ0n) is 13.1. The van der Waals surface area contributed by atoms with Gasteiger partial charge in [-0.1, -0.05) is 0 Å². The number of ether oxygens (including phenoxy) is 1. The van der Waals surface area contributed by atoms with Crippen molar-refractivity contribution in [3.05, 3.63) is 29.6 Å². The second kappa shape index (κ2) is 6.56. The number of carbonyl (C=O) groups excluding carboxylic acids is 1. The number of nitrogens with zero attached hydrogens (tertiary/aromatic N) is 2. The SMILES string of the molecule is CCN(C(=O)OC(C)(C)C)C(C(=O)O)c1cnccc1C. The molecule has 0 bridgehead atoms. The van der Waals surface area contributed by atoms with Gasteiger partial charge >= 0.3 is 12.1 Å². The van der Waals surface area contributed by atoms with Crippen LogP contribution in [0.1, 0.15) is 44.9 Å². The molecule has 1 unspecified atom stereocenters. The van der Waals surface area contributed by atoms with E-state index in [0.717, 1.165) is 5.56 Å². The molecule has 6 heteroatoms. The molecule has 1 amide bonds. The number of likely N-dealkylation sites (N-methyl/N-ethyl adjacent to an activating group) is 1. The maximum Gasteiger partial charge on any atom is 0.411 e. The predicted octanol–water partition coefficient (Wildman–Crippen LogP) is 2.77. The van der Waals surface area contributed by atoms with E-state index in [0.29, 0.717) is 5.56 Å². The van der Waals surface area contributed by atoms with Crippen LogP contribution in [0.3, 0.4) is 0 Å². The van der Waals surface area contributed by atoms with Crippen LogP contribution in [0.4, 0.5) is 4.79 Å². The van der Waals surface area contributed by atoms with Crippen LogP contribution in [0.25, 0.3) is 0 Å². The van der Waals surface area contributed by atoms with Gasteiger partial charge in [-0.3, -0.25) is 9.88 Å². The van der Waals surface area contributed by atoms with Gasteiger partial charge in [-0.2, -0.15) is 0 Å². The van der Waals surface area contributed by atoms with E-state index < -0.39 is 23.7 Å². The molecule has 1 heterocycles. The average molecular weight is 294 g/mol. The van der Waals surface area contributed by atoms with Crippen LogP contribution in [0.5, 0.6) is 0 Å². The Hall–Kier alpha value is -2.11. The van der Waals surface area contributed by atoms with Gasteiger partial charge < -0.3 is 9.84 Å². The van der Waals surface area contributed by atoms with Gasteiger partial charge in [0, 0.05) is 24.5 Å². The molecule has 6 nitrogen and oxygen atoms in total. The summed E-state index contributed by atoms with van der Waals surface area (Å²) in [5.74, 6) is -1.11. The Morgan fingerprint density at radius 1 is 1.43 bits per heavy atom. The van der Waals surface area contributed by atoms with Crippen molar-refractivity contribution in [3.8, 4) is 0 Å². The van der Waals surface area contributed by atoms with Gasteiger partial charge in [-0.25, -0.2) is 9.59 Å². The van der Waals surface area contributed by atoms with E-state index in [1.165, 1.54) is 11.1 Å². The lowest BCUT2D eigenvalue weighted by molar-refractivity contribution is -0.143. The van der Waals surface area contributed by atoms with Crippen LogP contribution in [-0.2, 0) is 9.53 Å². The molecule has 0 aliphatic heterocycles. The van der Waals surface area contributed by atoms with Crippen molar-refractivity contribution in [2.45, 2.75) is 46.3 Å². The number of aromatic nitrogens is 1. The van der Waals surface area contributed by atoms with Crippen LogP contribution >= 0.6 is 0 Å². The molecule has 1 aromatic heterocycles. The number of aryl methyl sites for hydroxylation is 1. The van der Waals surface area contributed by atoms with E-state index in [1.54, 1.807) is 46.9 Å². The second-order valence-electron chi connectivity index (χ2n) is 5.74. The third-order valence-electron chi connectivity index (χ3n) is 2.89. The molecular weight excluding hydrogens is 272 g/mol. The fourth-order valence-electron chi connectivity index (χ4n) is 1.93. The fraction of sp³-hybridized carbons (Fsp3) is 0.533. The van der Waals surface area contributed by atoms with Crippen molar-refractivity contribution in [1.82, 2.24) is 9.88 Å². The predicted molar refractivity (Wildman–Crippen MR) is 78.0 cm³/mol. The van der Waals surface area contributed by atoms with Gasteiger partial charge in [0.2, 0.25) is 0 Å². The zero-order valence-corrected chi connectivity index (χ0v) is 13.1. The van der Waals surface area contributed by atoms with Gasteiger partial charge in [-0.15, -0.1) is 0 Å². The van der Waals surface area contributed by atoms with Gasteiger partial charge in [-0.05, 0) is 46.2 Å². The molecule has 21 heavy (non-hydrogen) atoms. The van der Waals surface area contributed by atoms with Crippen molar-refractivity contribution in [1.29, 1.82) is 0 Å². The van der Waals surface area contributed by atoms with Crippen molar-refractivity contribution in [2.75, 3.05) is 6.54 Å². The molecule has 0 aliphatic rings. The molecule has 116 valence electrons. The van der Waals surface area contributed by atoms with Crippen LogP contribution in [0.2, 0.25) is 0 Å². The highest BCUT2D eigenvalue weighted by atomic mass is 16.6. The van der Waals surface area contributed by atoms with Gasteiger partial charge in [0.1, 0.15) is 5.60 Å². The summed E-state index contributed by atoms with van der Waals surface area (Å²) in [7, 11) is 0. The Labute approximate surface area is 124 Å². The van der Waals surface area contributed by atoms with E-state index in [2.05, 4.69) is 4.98 Å². The number of carbonyl (C=O) groups is 2. The molecule has 1 rings (SSSR count). The van der Waals surface area contributed by atoms with Gasteiger partial charge in [0.05, 0.1) is 0 Å². The first-order valence-electron chi connectivity index (χ1n) is 6.80. The summed E-state index contributed by atoms with van der Waals surface area (Å²) in [6.45, 7) is 8.94. The van der Waals surface area contributed by atoms with Crippen molar-refractivity contribution >= 4 is 12.1 Å². The first kappa shape index (κ1) is 16.9. The van der Waals surface area contributed by atoms with Crippen molar-refractivity contribution < 1.29 is 19.4 Å². The number of rotatable bonds is 4. The molecule has 1 atom stereocenters. The number of amides is 1. The first-order chi connectivity index (χ1) is 9.67. The fourth-order valence-corrected chi connectivity index (χ4v) is 1.93. The Balaban J connectivity index is 3.17. The molecule has 1 N–H and O–H groups in total. The third kappa shape index (κ3) is 4.44. The molecular formula is C15H22N2O4. The number of hydrogen-bond donors (Lipinski definition) is 1. The number of aliphatic carboxylic acids is 1. The quantitative estimate of drug-likeness (QED) is 0.923. The highest BCUT2D eigenvalue weighted by Gasteiger charge is 2.34. The highest BCUT2D eigenvalue weighted by molar-refractivity contribution is 5.82. The number of carboxylic acid groups (broad SMARTS) is 1. The van der Waals surface area contributed by atoms with Crippen LogP contribution in [0.15, 0.2) is 18.5 Å². The van der Waals surface area contributed by atoms with E-state index >= 15 is 0 Å². The summed E-state index contributed by atoms with van der Waals surface area (Å²) in [6, 6.07) is 0.604. The highest BCUT2D eigenvalue weighted by Crippen LogP contribution is 2.25. The Morgan fingerprint density at radius 3 is 2.48 bits per heavy atom. The molecule has 0 saturated heterocycles. The summed E-state index contributed by atoms with van der Waals surface area (Å²) >= 11 is 0. The normalized spacial score (nSPS) is 12.6. The third-order valence-corrected chi connectivity index (χ3v) is 2.89. The lowest BCUT2D eigenvalue weighted by Crippen LogP contribution is -2.42.